The van der Waals surface area contributed by atoms with E-state index >= 15 is 0 Å². The lowest BCUT2D eigenvalue weighted by atomic mass is 10.1. The molecule has 0 bridgehead atoms. The second-order valence-corrected chi connectivity index (χ2v) is 5.08. The van der Waals surface area contributed by atoms with E-state index in [1.54, 1.807) is 0 Å². The third-order valence-corrected chi connectivity index (χ3v) is 2.98. The molecule has 0 spiro atoms. The van der Waals surface area contributed by atoms with E-state index < -0.39 is 0 Å². The SMILES string of the molecule is CNc1ccc2c(n1)CN(C(C)(C)C)C2. The van der Waals surface area contributed by atoms with Gasteiger partial charge in [-0.05, 0) is 32.4 Å². The molecule has 1 aliphatic heterocycles. The third kappa shape index (κ3) is 1.97. The summed E-state index contributed by atoms with van der Waals surface area (Å²) < 4.78 is 0. The molecule has 1 aliphatic rings. The van der Waals surface area contributed by atoms with E-state index in [-0.39, 0.29) is 5.54 Å². The first kappa shape index (κ1) is 10.4. The largest absolute Gasteiger partial charge is 0.373 e. The average molecular weight is 205 g/mol. The lowest BCUT2D eigenvalue weighted by molar-refractivity contribution is 0.135. The molecule has 15 heavy (non-hydrogen) atoms. The van der Waals surface area contributed by atoms with Crippen LogP contribution >= 0.6 is 0 Å². The van der Waals surface area contributed by atoms with Gasteiger partial charge >= 0.3 is 0 Å². The minimum absolute atomic E-state index is 0.223. The number of aromatic nitrogens is 1. The van der Waals surface area contributed by atoms with Crippen molar-refractivity contribution in [3.8, 4) is 0 Å². The van der Waals surface area contributed by atoms with Gasteiger partial charge in [-0.2, -0.15) is 0 Å². The van der Waals surface area contributed by atoms with E-state index in [2.05, 4.69) is 42.0 Å². The highest BCUT2D eigenvalue weighted by Gasteiger charge is 2.28. The van der Waals surface area contributed by atoms with E-state index in [1.807, 2.05) is 13.1 Å². The first-order valence-corrected chi connectivity index (χ1v) is 5.42. The highest BCUT2D eigenvalue weighted by atomic mass is 15.2. The molecule has 3 heteroatoms. The molecular formula is C12H19N3. The Hall–Kier alpha value is -1.09. The lowest BCUT2D eigenvalue weighted by Crippen LogP contribution is -2.36. The van der Waals surface area contributed by atoms with E-state index in [0.717, 1.165) is 18.9 Å². The van der Waals surface area contributed by atoms with Gasteiger partial charge in [0.2, 0.25) is 0 Å². The Kier molecular flexibility index (Phi) is 2.43. The molecule has 0 aliphatic carbocycles. The molecule has 2 rings (SSSR count). The van der Waals surface area contributed by atoms with Crippen molar-refractivity contribution >= 4 is 5.82 Å². The van der Waals surface area contributed by atoms with Crippen LogP contribution in [0.25, 0.3) is 0 Å². The number of fused-ring (bicyclic) bond motifs is 1. The molecule has 1 aromatic rings. The van der Waals surface area contributed by atoms with Crippen LogP contribution in [-0.4, -0.2) is 22.5 Å². The summed E-state index contributed by atoms with van der Waals surface area (Å²) in [6.45, 7) is 8.73. The van der Waals surface area contributed by atoms with Crippen LogP contribution in [0, 0.1) is 0 Å². The molecule has 2 heterocycles. The van der Waals surface area contributed by atoms with E-state index in [1.165, 1.54) is 11.3 Å². The molecule has 0 atom stereocenters. The van der Waals surface area contributed by atoms with Crippen LogP contribution in [0.5, 0.6) is 0 Å². The van der Waals surface area contributed by atoms with E-state index in [0.29, 0.717) is 0 Å². The Balaban J connectivity index is 2.24. The summed E-state index contributed by atoms with van der Waals surface area (Å²) in [6.07, 6.45) is 0. The molecule has 1 aromatic heterocycles. The van der Waals surface area contributed by atoms with Crippen LogP contribution in [0.4, 0.5) is 5.82 Å². The molecule has 0 aromatic carbocycles. The molecule has 0 saturated carbocycles. The van der Waals surface area contributed by atoms with Crippen molar-refractivity contribution < 1.29 is 0 Å². The maximum absolute atomic E-state index is 4.58. The molecule has 1 N–H and O–H groups in total. The van der Waals surface area contributed by atoms with Crippen LogP contribution in [0.3, 0.4) is 0 Å². The van der Waals surface area contributed by atoms with Gasteiger partial charge in [-0.15, -0.1) is 0 Å². The zero-order valence-corrected chi connectivity index (χ0v) is 9.96. The molecule has 0 fully saturated rings. The van der Waals surface area contributed by atoms with Gasteiger partial charge in [-0.25, -0.2) is 4.98 Å². The topological polar surface area (TPSA) is 28.2 Å². The second-order valence-electron chi connectivity index (χ2n) is 5.08. The number of rotatable bonds is 1. The van der Waals surface area contributed by atoms with E-state index in [9.17, 15) is 0 Å². The van der Waals surface area contributed by atoms with Gasteiger partial charge in [0.1, 0.15) is 5.82 Å². The number of hydrogen-bond acceptors (Lipinski definition) is 3. The summed E-state index contributed by atoms with van der Waals surface area (Å²) in [4.78, 5) is 7.03. The summed E-state index contributed by atoms with van der Waals surface area (Å²) in [5, 5.41) is 3.08. The fourth-order valence-electron chi connectivity index (χ4n) is 1.87. The van der Waals surface area contributed by atoms with Crippen LogP contribution in [0.15, 0.2) is 12.1 Å². The van der Waals surface area contributed by atoms with Gasteiger partial charge in [0.25, 0.3) is 0 Å². The monoisotopic (exact) mass is 205 g/mol. The standard InChI is InChI=1S/C12H19N3/c1-12(2,3)15-7-9-5-6-11(13-4)14-10(9)8-15/h5-6H,7-8H2,1-4H3,(H,13,14). The third-order valence-electron chi connectivity index (χ3n) is 2.98. The smallest absolute Gasteiger partial charge is 0.126 e. The fraction of sp³-hybridized carbons (Fsp3) is 0.583. The molecule has 0 saturated heterocycles. The zero-order valence-electron chi connectivity index (χ0n) is 9.96. The summed E-state index contributed by atoms with van der Waals surface area (Å²) in [5.41, 5.74) is 2.81. The summed E-state index contributed by atoms with van der Waals surface area (Å²) >= 11 is 0. The Morgan fingerprint density at radius 3 is 2.60 bits per heavy atom. The summed E-state index contributed by atoms with van der Waals surface area (Å²) in [6, 6.07) is 4.23. The predicted octanol–water partition coefficient (Wildman–Crippen LogP) is 2.24. The van der Waals surface area contributed by atoms with Gasteiger partial charge in [-0.1, -0.05) is 6.07 Å². The Morgan fingerprint density at radius 1 is 1.27 bits per heavy atom. The lowest BCUT2D eigenvalue weighted by Gasteiger charge is -2.30. The number of nitrogens with zero attached hydrogens (tertiary/aromatic N) is 2. The first-order valence-electron chi connectivity index (χ1n) is 5.42. The minimum atomic E-state index is 0.223. The van der Waals surface area contributed by atoms with Crippen molar-refractivity contribution in [1.29, 1.82) is 0 Å². The quantitative estimate of drug-likeness (QED) is 0.762. The van der Waals surface area contributed by atoms with Gasteiger partial charge in [0, 0.05) is 25.7 Å². The van der Waals surface area contributed by atoms with Crippen molar-refractivity contribution in [2.75, 3.05) is 12.4 Å². The van der Waals surface area contributed by atoms with Crippen molar-refractivity contribution in [1.82, 2.24) is 9.88 Å². The Labute approximate surface area is 91.5 Å². The Bertz CT molecular complexity index is 366. The number of hydrogen-bond donors (Lipinski definition) is 1. The van der Waals surface area contributed by atoms with Gasteiger partial charge < -0.3 is 5.32 Å². The Morgan fingerprint density at radius 2 is 2.00 bits per heavy atom. The molecule has 0 radical (unpaired) electrons. The van der Waals surface area contributed by atoms with Gasteiger partial charge in [0.15, 0.2) is 0 Å². The normalized spacial score (nSPS) is 16.5. The van der Waals surface area contributed by atoms with Crippen LogP contribution < -0.4 is 5.32 Å². The molecular weight excluding hydrogens is 186 g/mol. The average Bonchev–Trinajstić information content (AvgIpc) is 2.59. The van der Waals surface area contributed by atoms with Crippen molar-refractivity contribution in [2.45, 2.75) is 39.4 Å². The summed E-state index contributed by atoms with van der Waals surface area (Å²) in [7, 11) is 1.91. The number of anilines is 1. The second kappa shape index (κ2) is 3.49. The van der Waals surface area contributed by atoms with Crippen molar-refractivity contribution in [3.05, 3.63) is 23.4 Å². The molecule has 0 unspecified atom stereocenters. The number of nitrogens with one attached hydrogen (secondary N) is 1. The predicted molar refractivity (Wildman–Crippen MR) is 62.8 cm³/mol. The maximum atomic E-state index is 4.58. The van der Waals surface area contributed by atoms with Crippen molar-refractivity contribution in [3.63, 3.8) is 0 Å². The van der Waals surface area contributed by atoms with Crippen LogP contribution in [-0.2, 0) is 13.1 Å². The minimum Gasteiger partial charge on any atom is -0.373 e. The molecule has 3 nitrogen and oxygen atoms in total. The molecule has 0 amide bonds. The van der Waals surface area contributed by atoms with E-state index in [4.69, 9.17) is 0 Å². The fourth-order valence-corrected chi connectivity index (χ4v) is 1.87. The number of pyridine rings is 1. The molecule has 82 valence electrons. The summed E-state index contributed by atoms with van der Waals surface area (Å²) in [5.74, 6) is 0.963. The van der Waals surface area contributed by atoms with Crippen molar-refractivity contribution in [2.24, 2.45) is 0 Å². The highest BCUT2D eigenvalue weighted by Crippen LogP contribution is 2.28. The van der Waals surface area contributed by atoms with Crippen LogP contribution in [0.1, 0.15) is 32.0 Å². The maximum Gasteiger partial charge on any atom is 0.126 e. The first-order chi connectivity index (χ1) is 7.00. The highest BCUT2D eigenvalue weighted by molar-refractivity contribution is 5.39. The van der Waals surface area contributed by atoms with Gasteiger partial charge in [0.05, 0.1) is 5.69 Å². The van der Waals surface area contributed by atoms with Gasteiger partial charge in [-0.3, -0.25) is 4.90 Å². The van der Waals surface area contributed by atoms with Crippen LogP contribution in [0.2, 0.25) is 0 Å². The zero-order chi connectivity index (χ0) is 11.1.